The van der Waals surface area contributed by atoms with Gasteiger partial charge in [0.1, 0.15) is 11.5 Å². The van der Waals surface area contributed by atoms with Gasteiger partial charge in [0.15, 0.2) is 0 Å². The molecule has 0 radical (unpaired) electrons. The summed E-state index contributed by atoms with van der Waals surface area (Å²) in [5.74, 6) is 1.53. The Balaban J connectivity index is 1.85. The van der Waals surface area contributed by atoms with E-state index in [2.05, 4.69) is 19.1 Å². The van der Waals surface area contributed by atoms with Crippen molar-refractivity contribution in [3.63, 3.8) is 0 Å². The number of benzene rings is 2. The van der Waals surface area contributed by atoms with Crippen molar-refractivity contribution >= 4 is 10.1 Å². The smallest absolute Gasteiger partial charge is 0.264 e. The Morgan fingerprint density at radius 2 is 1.15 bits per heavy atom. The lowest BCUT2D eigenvalue weighted by atomic mass is 10.0. The lowest BCUT2D eigenvalue weighted by Crippen LogP contribution is -2.04. The van der Waals surface area contributed by atoms with Crippen LogP contribution in [-0.4, -0.2) is 31.9 Å². The van der Waals surface area contributed by atoms with Crippen LogP contribution < -0.4 is 9.47 Å². The Hall–Kier alpha value is -2.05. The first kappa shape index (κ1) is 28.2. The first-order valence-corrected chi connectivity index (χ1v) is 14.5. The lowest BCUT2D eigenvalue weighted by molar-refractivity contribution is 0.292. The molecule has 0 amide bonds. The number of rotatable bonds is 19. The summed E-state index contributed by atoms with van der Waals surface area (Å²) in [6, 6.07) is 16.2. The Labute approximate surface area is 206 Å². The number of unbranched alkanes of at least 4 members (excludes halogenated alkanes) is 10. The zero-order valence-electron chi connectivity index (χ0n) is 20.7. The Morgan fingerprint density at radius 3 is 1.68 bits per heavy atom. The van der Waals surface area contributed by atoms with Gasteiger partial charge in [0.25, 0.3) is 10.1 Å². The molecule has 2 aromatic carbocycles. The molecule has 0 atom stereocenters. The fourth-order valence-electron chi connectivity index (χ4n) is 3.98. The largest absolute Gasteiger partial charge is 0.493 e. The summed E-state index contributed by atoms with van der Waals surface area (Å²) in [6.07, 6.45) is 12.8. The second kappa shape index (κ2) is 16.6. The van der Waals surface area contributed by atoms with Gasteiger partial charge in [-0.15, -0.1) is 0 Å². The third-order valence-electron chi connectivity index (χ3n) is 5.86. The van der Waals surface area contributed by atoms with E-state index >= 15 is 0 Å². The molecule has 0 spiro atoms. The van der Waals surface area contributed by atoms with Gasteiger partial charge in [-0.1, -0.05) is 101 Å². The van der Waals surface area contributed by atoms with Crippen LogP contribution in [0.1, 0.15) is 84.0 Å². The Morgan fingerprint density at radius 1 is 0.647 bits per heavy atom. The third-order valence-corrected chi connectivity index (χ3v) is 6.66. The van der Waals surface area contributed by atoms with Crippen LogP contribution >= 0.6 is 0 Å². The standard InChI is InChI=1S/C28H42O5S/c1-2-3-4-5-6-8-14-22-32-26-20-17-21-27(28(26)25-18-12-11-13-19-25)33-23-15-9-7-10-16-24-34(29,30)31/h11-13,17-21H,2-10,14-16,22-24H2,1H3,(H,29,30,31). The zero-order chi connectivity index (χ0) is 24.5. The van der Waals surface area contributed by atoms with Crippen molar-refractivity contribution < 1.29 is 22.4 Å². The van der Waals surface area contributed by atoms with Crippen LogP contribution in [0.5, 0.6) is 11.5 Å². The van der Waals surface area contributed by atoms with E-state index in [1.165, 1.54) is 38.5 Å². The summed E-state index contributed by atoms with van der Waals surface area (Å²) >= 11 is 0. The van der Waals surface area contributed by atoms with Gasteiger partial charge in [0.2, 0.25) is 0 Å². The van der Waals surface area contributed by atoms with Gasteiger partial charge in [0.05, 0.1) is 24.5 Å². The van der Waals surface area contributed by atoms with Crippen LogP contribution in [0.25, 0.3) is 11.1 Å². The second-order valence-corrected chi connectivity index (χ2v) is 10.4. The van der Waals surface area contributed by atoms with E-state index in [-0.39, 0.29) is 5.75 Å². The molecule has 2 aromatic rings. The van der Waals surface area contributed by atoms with Gasteiger partial charge in [-0.3, -0.25) is 4.55 Å². The van der Waals surface area contributed by atoms with E-state index < -0.39 is 10.1 Å². The minimum absolute atomic E-state index is 0.157. The third kappa shape index (κ3) is 11.9. The average molecular weight is 491 g/mol. The van der Waals surface area contributed by atoms with Crippen molar-refractivity contribution in [3.05, 3.63) is 48.5 Å². The van der Waals surface area contributed by atoms with Crippen LogP contribution in [0.4, 0.5) is 0 Å². The molecule has 6 heteroatoms. The van der Waals surface area contributed by atoms with Gasteiger partial charge in [0, 0.05) is 0 Å². The fraction of sp³-hybridized carbons (Fsp3) is 0.571. The Kier molecular flexibility index (Phi) is 13.7. The summed E-state index contributed by atoms with van der Waals surface area (Å²) in [5.41, 5.74) is 2.08. The summed E-state index contributed by atoms with van der Waals surface area (Å²) < 4.78 is 42.7. The molecule has 0 heterocycles. The normalized spacial score (nSPS) is 11.5. The summed E-state index contributed by atoms with van der Waals surface area (Å²) in [5, 5.41) is 0. The minimum atomic E-state index is -3.84. The molecular formula is C28H42O5S. The maximum atomic E-state index is 10.8. The van der Waals surface area contributed by atoms with E-state index in [1.54, 1.807) is 0 Å². The topological polar surface area (TPSA) is 72.8 Å². The molecule has 0 saturated carbocycles. The molecule has 0 bridgehead atoms. The molecule has 0 saturated heterocycles. The number of hydrogen-bond acceptors (Lipinski definition) is 4. The monoisotopic (exact) mass is 490 g/mol. The highest BCUT2D eigenvalue weighted by atomic mass is 32.2. The minimum Gasteiger partial charge on any atom is -0.493 e. The first-order valence-electron chi connectivity index (χ1n) is 12.9. The van der Waals surface area contributed by atoms with E-state index in [1.807, 2.05) is 36.4 Å². The fourth-order valence-corrected chi connectivity index (χ4v) is 4.55. The van der Waals surface area contributed by atoms with Crippen molar-refractivity contribution in [1.29, 1.82) is 0 Å². The van der Waals surface area contributed by atoms with Crippen LogP contribution in [0, 0.1) is 0 Å². The highest BCUT2D eigenvalue weighted by Crippen LogP contribution is 2.38. The molecule has 0 aliphatic heterocycles. The molecule has 2 rings (SSSR count). The van der Waals surface area contributed by atoms with Gasteiger partial charge in [-0.05, 0) is 37.0 Å². The van der Waals surface area contributed by atoms with Crippen molar-refractivity contribution in [3.8, 4) is 22.6 Å². The van der Waals surface area contributed by atoms with E-state index in [9.17, 15) is 8.42 Å². The predicted octanol–water partition coefficient (Wildman–Crippen LogP) is 7.70. The maximum Gasteiger partial charge on any atom is 0.264 e. The molecule has 0 aromatic heterocycles. The van der Waals surface area contributed by atoms with Crippen molar-refractivity contribution in [1.82, 2.24) is 0 Å². The zero-order valence-corrected chi connectivity index (χ0v) is 21.5. The molecule has 190 valence electrons. The van der Waals surface area contributed by atoms with Crippen molar-refractivity contribution in [2.45, 2.75) is 84.0 Å². The molecule has 0 aliphatic carbocycles. The highest BCUT2D eigenvalue weighted by molar-refractivity contribution is 7.85. The van der Waals surface area contributed by atoms with E-state index in [0.717, 1.165) is 54.7 Å². The molecule has 0 fully saturated rings. The number of hydrogen-bond donors (Lipinski definition) is 1. The predicted molar refractivity (Wildman–Crippen MR) is 140 cm³/mol. The SMILES string of the molecule is CCCCCCCCCOc1cccc(OCCCCCCCS(=O)(=O)O)c1-c1ccccc1. The van der Waals surface area contributed by atoms with E-state index in [4.69, 9.17) is 14.0 Å². The average Bonchev–Trinajstić information content (AvgIpc) is 2.82. The highest BCUT2D eigenvalue weighted by Gasteiger charge is 2.13. The van der Waals surface area contributed by atoms with Crippen LogP contribution in [-0.2, 0) is 10.1 Å². The van der Waals surface area contributed by atoms with Crippen LogP contribution in [0.2, 0.25) is 0 Å². The molecule has 34 heavy (non-hydrogen) atoms. The molecular weight excluding hydrogens is 448 g/mol. The molecule has 0 unspecified atom stereocenters. The summed E-state index contributed by atoms with van der Waals surface area (Å²) in [7, 11) is -3.84. The molecule has 5 nitrogen and oxygen atoms in total. The summed E-state index contributed by atoms with van der Waals surface area (Å²) in [6.45, 7) is 3.55. The van der Waals surface area contributed by atoms with Crippen molar-refractivity contribution in [2.24, 2.45) is 0 Å². The summed E-state index contributed by atoms with van der Waals surface area (Å²) in [4.78, 5) is 0. The Bertz CT molecular complexity index is 896. The quantitative estimate of drug-likeness (QED) is 0.161. The van der Waals surface area contributed by atoms with Crippen LogP contribution in [0.3, 0.4) is 0 Å². The van der Waals surface area contributed by atoms with Gasteiger partial charge in [-0.2, -0.15) is 8.42 Å². The van der Waals surface area contributed by atoms with Crippen LogP contribution in [0.15, 0.2) is 48.5 Å². The second-order valence-electron chi connectivity index (χ2n) is 8.87. The van der Waals surface area contributed by atoms with Gasteiger partial charge in [-0.25, -0.2) is 0 Å². The molecule has 1 N–H and O–H groups in total. The lowest BCUT2D eigenvalue weighted by Gasteiger charge is -2.17. The van der Waals surface area contributed by atoms with E-state index in [0.29, 0.717) is 19.6 Å². The first-order chi connectivity index (χ1) is 16.5. The molecule has 0 aliphatic rings. The van der Waals surface area contributed by atoms with Gasteiger partial charge < -0.3 is 9.47 Å². The van der Waals surface area contributed by atoms with Gasteiger partial charge >= 0.3 is 0 Å². The number of ether oxygens (including phenoxy) is 2. The van der Waals surface area contributed by atoms with Crippen molar-refractivity contribution in [2.75, 3.05) is 19.0 Å². The maximum absolute atomic E-state index is 10.8.